The van der Waals surface area contributed by atoms with Crippen molar-refractivity contribution < 1.29 is 8.83 Å². The molecule has 72 heavy (non-hydrogen) atoms. The van der Waals surface area contributed by atoms with Crippen molar-refractivity contribution in [2.75, 3.05) is 9.80 Å². The monoisotopic (exact) mass is 944 g/mol. The first-order valence-corrected chi connectivity index (χ1v) is 28.7. The summed E-state index contributed by atoms with van der Waals surface area (Å²) in [6, 6.07) is 75.8. The van der Waals surface area contributed by atoms with Crippen molar-refractivity contribution in [1.29, 1.82) is 0 Å². The molecule has 0 fully saturated rings. The molecule has 1 aliphatic carbocycles. The molecule has 4 nitrogen and oxygen atoms in total. The van der Waals surface area contributed by atoms with E-state index in [1.54, 1.807) is 0 Å². The predicted octanol–water partition coefficient (Wildman–Crippen LogP) is 19.0. The number of benzene rings is 11. The van der Waals surface area contributed by atoms with E-state index in [1.807, 2.05) is 0 Å². The number of anilines is 6. The third kappa shape index (κ3) is 6.23. The van der Waals surface area contributed by atoms with Gasteiger partial charge in [-0.2, -0.15) is 0 Å². The molecule has 0 atom stereocenters. The zero-order valence-corrected chi connectivity index (χ0v) is 42.3. The summed E-state index contributed by atoms with van der Waals surface area (Å²) in [4.78, 5) is 4.84. The van der Waals surface area contributed by atoms with E-state index in [1.165, 1.54) is 65.3 Å². The summed E-state index contributed by atoms with van der Waals surface area (Å²) in [5.41, 5.74) is 16.0. The van der Waals surface area contributed by atoms with Crippen LogP contribution in [0.25, 0.3) is 87.3 Å². The van der Waals surface area contributed by atoms with Crippen LogP contribution in [0.5, 0.6) is 0 Å². The van der Waals surface area contributed by atoms with E-state index in [2.05, 4.69) is 256 Å². The van der Waals surface area contributed by atoms with Gasteiger partial charge < -0.3 is 18.6 Å². The Morgan fingerprint density at radius 1 is 0.375 bits per heavy atom. The smallest absolute Gasteiger partial charge is 0.159 e. The van der Waals surface area contributed by atoms with Crippen LogP contribution in [0.15, 0.2) is 215 Å². The minimum absolute atomic E-state index is 0.355. The largest absolute Gasteiger partial charge is 0.454 e. The first-order chi connectivity index (χ1) is 35.0. The van der Waals surface area contributed by atoms with Crippen molar-refractivity contribution in [3.05, 3.63) is 223 Å². The van der Waals surface area contributed by atoms with Crippen molar-refractivity contribution >= 4 is 124 Å². The van der Waals surface area contributed by atoms with Gasteiger partial charge in [-0.1, -0.05) is 184 Å². The van der Waals surface area contributed by atoms with E-state index in [0.717, 1.165) is 78.0 Å². The highest BCUT2D eigenvalue weighted by atomic mass is 28.3. The zero-order chi connectivity index (χ0) is 48.6. The molecule has 0 aliphatic heterocycles. The van der Waals surface area contributed by atoms with Gasteiger partial charge in [0.1, 0.15) is 11.2 Å². The van der Waals surface area contributed by atoms with E-state index < -0.39 is 8.07 Å². The SMILES string of the molecule is Cc1ccc(N(c2cc3c(c4ccccc24)C(C)(C)c2c-3c3ccccc3c3cc(N(c4ccc([Si](C)(C)C)cc4)c4cccc5c4oc4ccccc45)ccc23)c2cccc3c2oc2ccccc23)cc1. The Labute approximate surface area is 420 Å². The molecule has 0 radical (unpaired) electrons. The molecule has 14 rings (SSSR count). The van der Waals surface area contributed by atoms with E-state index in [4.69, 9.17) is 8.83 Å². The molecule has 346 valence electrons. The fourth-order valence-corrected chi connectivity index (χ4v) is 13.4. The van der Waals surface area contributed by atoms with E-state index >= 15 is 0 Å². The van der Waals surface area contributed by atoms with Gasteiger partial charge in [0.2, 0.25) is 0 Å². The second kappa shape index (κ2) is 15.6. The van der Waals surface area contributed by atoms with E-state index in [9.17, 15) is 0 Å². The number of fused-ring (bicyclic) bond motifs is 16. The Hall–Kier alpha value is -8.38. The summed E-state index contributed by atoms with van der Waals surface area (Å²) in [5.74, 6) is 0. The zero-order valence-electron chi connectivity index (χ0n) is 41.3. The summed E-state index contributed by atoms with van der Waals surface area (Å²) in [5, 5.41) is 13.3. The molecule has 2 heterocycles. The highest BCUT2D eigenvalue weighted by Gasteiger charge is 2.41. The normalized spacial score (nSPS) is 13.2. The van der Waals surface area contributed by atoms with Crippen LogP contribution in [0.4, 0.5) is 34.1 Å². The lowest BCUT2D eigenvalue weighted by Gasteiger charge is -2.30. The summed E-state index contributed by atoms with van der Waals surface area (Å²) in [6.07, 6.45) is 0. The molecule has 0 amide bonds. The van der Waals surface area contributed by atoms with Gasteiger partial charge in [-0.15, -0.1) is 0 Å². The van der Waals surface area contributed by atoms with Crippen LogP contribution >= 0.6 is 0 Å². The Morgan fingerprint density at radius 3 is 1.49 bits per heavy atom. The topological polar surface area (TPSA) is 32.8 Å². The Morgan fingerprint density at radius 2 is 0.861 bits per heavy atom. The lowest BCUT2D eigenvalue weighted by Crippen LogP contribution is -2.37. The molecule has 5 heteroatoms. The molecule has 0 spiro atoms. The average Bonchev–Trinajstić information content (AvgIpc) is 4.05. The maximum Gasteiger partial charge on any atom is 0.159 e. The number of para-hydroxylation sites is 4. The quantitative estimate of drug-likeness (QED) is 0.118. The van der Waals surface area contributed by atoms with Crippen LogP contribution in [0.2, 0.25) is 19.6 Å². The molecular formula is C67H52N2O2Si. The van der Waals surface area contributed by atoms with Crippen LogP contribution in [-0.2, 0) is 5.41 Å². The molecule has 1 aliphatic rings. The Balaban J connectivity index is 1.03. The van der Waals surface area contributed by atoms with Crippen LogP contribution in [0.1, 0.15) is 30.5 Å². The van der Waals surface area contributed by atoms with Gasteiger partial charge in [-0.25, -0.2) is 0 Å². The number of nitrogens with zero attached hydrogens (tertiary/aromatic N) is 2. The fourth-order valence-electron chi connectivity index (χ4n) is 12.2. The minimum atomic E-state index is -1.56. The average molecular weight is 945 g/mol. The molecule has 0 saturated carbocycles. The number of hydrogen-bond acceptors (Lipinski definition) is 4. The lowest BCUT2D eigenvalue weighted by atomic mass is 9.77. The number of hydrogen-bond donors (Lipinski definition) is 0. The lowest BCUT2D eigenvalue weighted by molar-refractivity contribution is 0.668. The van der Waals surface area contributed by atoms with Gasteiger partial charge in [0.15, 0.2) is 11.2 Å². The van der Waals surface area contributed by atoms with E-state index in [-0.39, 0.29) is 5.41 Å². The second-order valence-electron chi connectivity index (χ2n) is 21.3. The van der Waals surface area contributed by atoms with Gasteiger partial charge in [0.05, 0.1) is 25.1 Å². The molecular weight excluding hydrogens is 893 g/mol. The standard InChI is InChI=1S/C67H52N2O2Si/c1-41-29-31-43(32-30-41)69(58-26-16-24-54-49-20-12-14-28-61(49)71-66(54)58)59-40-56-62-50-21-9-7-17-46(50)55-39-44(35-38-52(55)64(62)67(2,3)63(56)51-22-10-8-18-47(51)59)68(42-33-36-45(37-34-42)72(4,5)6)57-25-15-23-53-48-19-11-13-27-60(48)70-65(53)57/h7-40H,1-6H3. The third-order valence-corrected chi connectivity index (χ3v) is 17.6. The van der Waals surface area contributed by atoms with Crippen molar-refractivity contribution in [3.63, 3.8) is 0 Å². The number of rotatable bonds is 7. The molecule has 0 saturated heterocycles. The highest BCUT2D eigenvalue weighted by Crippen LogP contribution is 2.59. The Kier molecular flexibility index (Phi) is 9.18. The van der Waals surface area contributed by atoms with Crippen molar-refractivity contribution in [2.24, 2.45) is 0 Å². The predicted molar refractivity (Wildman–Crippen MR) is 308 cm³/mol. The number of furan rings is 2. The summed E-state index contributed by atoms with van der Waals surface area (Å²) >= 11 is 0. The first kappa shape index (κ1) is 42.5. The van der Waals surface area contributed by atoms with Crippen LogP contribution in [0.3, 0.4) is 0 Å². The molecule has 0 bridgehead atoms. The molecule has 13 aromatic rings. The summed E-state index contributed by atoms with van der Waals surface area (Å²) in [6.45, 7) is 14.3. The first-order valence-electron chi connectivity index (χ1n) is 25.2. The van der Waals surface area contributed by atoms with Crippen molar-refractivity contribution in [1.82, 2.24) is 0 Å². The van der Waals surface area contributed by atoms with Gasteiger partial charge in [0, 0.05) is 49.4 Å². The maximum atomic E-state index is 6.82. The second-order valence-corrected chi connectivity index (χ2v) is 26.4. The van der Waals surface area contributed by atoms with Crippen molar-refractivity contribution in [2.45, 2.75) is 45.8 Å². The fraction of sp³-hybridized carbons (Fsp3) is 0.104. The van der Waals surface area contributed by atoms with Crippen LogP contribution in [-0.4, -0.2) is 8.07 Å². The third-order valence-electron chi connectivity index (χ3n) is 15.6. The molecule has 11 aromatic carbocycles. The molecule has 0 unspecified atom stereocenters. The van der Waals surface area contributed by atoms with Crippen LogP contribution in [0, 0.1) is 6.92 Å². The summed E-state index contributed by atoms with van der Waals surface area (Å²) < 4.78 is 13.6. The van der Waals surface area contributed by atoms with Crippen molar-refractivity contribution in [3.8, 4) is 11.1 Å². The van der Waals surface area contributed by atoms with Gasteiger partial charge in [-0.05, 0) is 123 Å². The summed E-state index contributed by atoms with van der Waals surface area (Å²) in [7, 11) is -1.56. The molecule has 0 N–H and O–H groups in total. The molecule has 2 aromatic heterocycles. The highest BCUT2D eigenvalue weighted by molar-refractivity contribution is 6.88. The minimum Gasteiger partial charge on any atom is -0.454 e. The van der Waals surface area contributed by atoms with Gasteiger partial charge in [-0.3, -0.25) is 0 Å². The maximum absolute atomic E-state index is 6.82. The van der Waals surface area contributed by atoms with E-state index in [0.29, 0.717) is 0 Å². The number of aryl methyl sites for hydroxylation is 1. The van der Waals surface area contributed by atoms with Crippen LogP contribution < -0.4 is 15.0 Å². The van der Waals surface area contributed by atoms with Gasteiger partial charge >= 0.3 is 0 Å². The van der Waals surface area contributed by atoms with Gasteiger partial charge in [0.25, 0.3) is 0 Å². The Bertz CT molecular complexity index is 4360.